The highest BCUT2D eigenvalue weighted by Gasteiger charge is 2.08. The van der Waals surface area contributed by atoms with Crippen LogP contribution in [0.2, 0.25) is 0 Å². The fraction of sp³-hybridized carbons (Fsp3) is 0.294. The summed E-state index contributed by atoms with van der Waals surface area (Å²) in [5.74, 6) is 0.863. The second kappa shape index (κ2) is 7.08. The van der Waals surface area contributed by atoms with Gasteiger partial charge in [-0.1, -0.05) is 36.4 Å². The van der Waals surface area contributed by atoms with Gasteiger partial charge in [-0.15, -0.1) is 0 Å². The van der Waals surface area contributed by atoms with E-state index in [2.05, 4.69) is 36.2 Å². The smallest absolute Gasteiger partial charge is 0.123 e. The van der Waals surface area contributed by atoms with Gasteiger partial charge in [0.05, 0.1) is 13.7 Å². The Morgan fingerprint density at radius 3 is 2.40 bits per heavy atom. The molecule has 3 nitrogen and oxygen atoms in total. The van der Waals surface area contributed by atoms with Crippen LogP contribution in [0.3, 0.4) is 0 Å². The van der Waals surface area contributed by atoms with Crippen molar-refractivity contribution in [3.8, 4) is 5.75 Å². The van der Waals surface area contributed by atoms with Gasteiger partial charge in [0, 0.05) is 18.7 Å². The lowest BCUT2D eigenvalue weighted by atomic mass is 10.1. The van der Waals surface area contributed by atoms with E-state index in [9.17, 15) is 5.11 Å². The Balaban J connectivity index is 2.08. The molecule has 0 aliphatic carbocycles. The predicted octanol–water partition coefficient (Wildman–Crippen LogP) is 2.82. The second-order valence-electron chi connectivity index (χ2n) is 4.96. The molecule has 2 aromatic carbocycles. The number of methoxy groups -OCH3 is 1. The van der Waals surface area contributed by atoms with Crippen LogP contribution in [-0.2, 0) is 19.7 Å². The van der Waals surface area contributed by atoms with Gasteiger partial charge in [0.2, 0.25) is 0 Å². The van der Waals surface area contributed by atoms with Crippen molar-refractivity contribution in [2.24, 2.45) is 0 Å². The molecular weight excluding hydrogens is 250 g/mol. The molecule has 0 spiro atoms. The van der Waals surface area contributed by atoms with E-state index in [-0.39, 0.29) is 6.61 Å². The average molecular weight is 271 g/mol. The molecule has 0 aliphatic rings. The van der Waals surface area contributed by atoms with E-state index < -0.39 is 0 Å². The second-order valence-corrected chi connectivity index (χ2v) is 4.96. The lowest BCUT2D eigenvalue weighted by Gasteiger charge is -2.19. The summed E-state index contributed by atoms with van der Waals surface area (Å²) in [6, 6.07) is 16.2. The maximum atomic E-state index is 9.24. The molecule has 20 heavy (non-hydrogen) atoms. The van der Waals surface area contributed by atoms with E-state index in [4.69, 9.17) is 4.74 Å². The zero-order valence-electron chi connectivity index (χ0n) is 12.0. The first-order chi connectivity index (χ1) is 9.72. The summed E-state index contributed by atoms with van der Waals surface area (Å²) in [5.41, 5.74) is 3.29. The van der Waals surface area contributed by atoms with Crippen molar-refractivity contribution in [3.05, 3.63) is 65.2 Å². The zero-order valence-corrected chi connectivity index (χ0v) is 12.0. The molecule has 0 bridgehead atoms. The number of ether oxygens (including phenoxy) is 1. The first-order valence-corrected chi connectivity index (χ1v) is 6.72. The standard InChI is InChI=1S/C17H21NO2/c1-18(11-14-6-4-3-5-7-14)12-16-10-15(13-19)8-9-17(16)20-2/h3-10,19H,11-13H2,1-2H3. The van der Waals surface area contributed by atoms with Gasteiger partial charge in [-0.3, -0.25) is 4.90 Å². The highest BCUT2D eigenvalue weighted by Crippen LogP contribution is 2.22. The Labute approximate surface area is 120 Å². The van der Waals surface area contributed by atoms with Crippen molar-refractivity contribution >= 4 is 0 Å². The average Bonchev–Trinajstić information content (AvgIpc) is 2.48. The normalized spacial score (nSPS) is 10.8. The minimum absolute atomic E-state index is 0.0550. The molecule has 0 aliphatic heterocycles. The van der Waals surface area contributed by atoms with Gasteiger partial charge >= 0.3 is 0 Å². The molecule has 0 amide bonds. The molecule has 0 heterocycles. The van der Waals surface area contributed by atoms with E-state index in [0.717, 1.165) is 30.0 Å². The fourth-order valence-electron chi connectivity index (χ4n) is 2.30. The highest BCUT2D eigenvalue weighted by atomic mass is 16.5. The molecule has 0 saturated heterocycles. The molecule has 2 aromatic rings. The summed E-state index contributed by atoms with van der Waals surface area (Å²) in [6.45, 7) is 1.72. The molecule has 3 heteroatoms. The van der Waals surface area contributed by atoms with Crippen molar-refractivity contribution in [2.75, 3.05) is 14.2 Å². The maximum Gasteiger partial charge on any atom is 0.123 e. The van der Waals surface area contributed by atoms with Gasteiger partial charge in [0.1, 0.15) is 5.75 Å². The number of hydrogen-bond donors (Lipinski definition) is 1. The fourth-order valence-corrected chi connectivity index (χ4v) is 2.30. The first-order valence-electron chi connectivity index (χ1n) is 6.72. The van der Waals surface area contributed by atoms with Crippen molar-refractivity contribution in [2.45, 2.75) is 19.7 Å². The first kappa shape index (κ1) is 14.6. The summed E-state index contributed by atoms with van der Waals surface area (Å²) in [6.07, 6.45) is 0. The van der Waals surface area contributed by atoms with E-state index in [1.807, 2.05) is 24.3 Å². The van der Waals surface area contributed by atoms with E-state index in [0.29, 0.717) is 0 Å². The zero-order chi connectivity index (χ0) is 14.4. The predicted molar refractivity (Wildman–Crippen MR) is 80.5 cm³/mol. The molecule has 0 aromatic heterocycles. The third kappa shape index (κ3) is 3.83. The van der Waals surface area contributed by atoms with Crippen LogP contribution >= 0.6 is 0 Å². The van der Waals surface area contributed by atoms with Crippen molar-refractivity contribution < 1.29 is 9.84 Å². The van der Waals surface area contributed by atoms with Gasteiger partial charge < -0.3 is 9.84 Å². The van der Waals surface area contributed by atoms with Crippen LogP contribution in [0, 0.1) is 0 Å². The highest BCUT2D eigenvalue weighted by molar-refractivity contribution is 5.37. The molecule has 0 fully saturated rings. The van der Waals surface area contributed by atoms with E-state index in [1.165, 1.54) is 5.56 Å². The van der Waals surface area contributed by atoms with Crippen LogP contribution in [0.5, 0.6) is 5.75 Å². The topological polar surface area (TPSA) is 32.7 Å². The summed E-state index contributed by atoms with van der Waals surface area (Å²) < 4.78 is 5.39. The monoisotopic (exact) mass is 271 g/mol. The lowest BCUT2D eigenvalue weighted by molar-refractivity contribution is 0.280. The molecular formula is C17H21NO2. The van der Waals surface area contributed by atoms with Gasteiger partial charge in [0.15, 0.2) is 0 Å². The summed E-state index contributed by atoms with van der Waals surface area (Å²) in [4.78, 5) is 2.23. The Morgan fingerprint density at radius 2 is 1.75 bits per heavy atom. The number of aliphatic hydroxyl groups is 1. The number of rotatable bonds is 6. The van der Waals surface area contributed by atoms with Gasteiger partial charge in [-0.2, -0.15) is 0 Å². The molecule has 2 rings (SSSR count). The molecule has 1 N–H and O–H groups in total. The molecule has 0 radical (unpaired) electrons. The Hall–Kier alpha value is -1.84. The number of nitrogens with zero attached hydrogens (tertiary/aromatic N) is 1. The Morgan fingerprint density at radius 1 is 1.00 bits per heavy atom. The van der Waals surface area contributed by atoms with E-state index >= 15 is 0 Å². The summed E-state index contributed by atoms with van der Waals surface area (Å²) in [7, 11) is 3.76. The number of benzene rings is 2. The van der Waals surface area contributed by atoms with Crippen LogP contribution in [-0.4, -0.2) is 24.2 Å². The van der Waals surface area contributed by atoms with Gasteiger partial charge in [0.25, 0.3) is 0 Å². The minimum atomic E-state index is 0.0550. The van der Waals surface area contributed by atoms with Gasteiger partial charge in [-0.25, -0.2) is 0 Å². The minimum Gasteiger partial charge on any atom is -0.496 e. The molecule has 0 saturated carbocycles. The summed E-state index contributed by atoms with van der Waals surface area (Å²) in [5, 5.41) is 9.24. The molecule has 106 valence electrons. The van der Waals surface area contributed by atoms with E-state index in [1.54, 1.807) is 7.11 Å². The van der Waals surface area contributed by atoms with Crippen LogP contribution in [0.4, 0.5) is 0 Å². The van der Waals surface area contributed by atoms with Gasteiger partial charge in [-0.05, 0) is 30.3 Å². The SMILES string of the molecule is COc1ccc(CO)cc1CN(C)Cc1ccccc1. The van der Waals surface area contributed by atoms with Crippen molar-refractivity contribution in [3.63, 3.8) is 0 Å². The van der Waals surface area contributed by atoms with Crippen molar-refractivity contribution in [1.82, 2.24) is 4.90 Å². The third-order valence-corrected chi connectivity index (χ3v) is 3.26. The van der Waals surface area contributed by atoms with Crippen LogP contribution in [0.1, 0.15) is 16.7 Å². The summed E-state index contributed by atoms with van der Waals surface area (Å²) >= 11 is 0. The number of aliphatic hydroxyl groups excluding tert-OH is 1. The lowest BCUT2D eigenvalue weighted by Crippen LogP contribution is -2.17. The Bertz CT molecular complexity index is 540. The quantitative estimate of drug-likeness (QED) is 0.877. The maximum absolute atomic E-state index is 9.24. The van der Waals surface area contributed by atoms with Crippen LogP contribution in [0.15, 0.2) is 48.5 Å². The van der Waals surface area contributed by atoms with Crippen LogP contribution < -0.4 is 4.74 Å². The Kier molecular flexibility index (Phi) is 5.16. The van der Waals surface area contributed by atoms with Crippen LogP contribution in [0.25, 0.3) is 0 Å². The van der Waals surface area contributed by atoms with Crippen molar-refractivity contribution in [1.29, 1.82) is 0 Å². The largest absolute Gasteiger partial charge is 0.496 e. The third-order valence-electron chi connectivity index (χ3n) is 3.26. The molecule has 0 unspecified atom stereocenters. The number of hydrogen-bond acceptors (Lipinski definition) is 3. The molecule has 0 atom stereocenters.